The van der Waals surface area contributed by atoms with E-state index in [1.807, 2.05) is 38.1 Å². The van der Waals surface area contributed by atoms with Crippen LogP contribution in [0.25, 0.3) is 11.0 Å². The van der Waals surface area contributed by atoms with Crippen LogP contribution in [0.15, 0.2) is 28.7 Å². The van der Waals surface area contributed by atoms with Crippen molar-refractivity contribution < 1.29 is 14.0 Å². The Kier molecular flexibility index (Phi) is 5.49. The molecule has 0 unspecified atom stereocenters. The average Bonchev–Trinajstić information content (AvgIpc) is 2.99. The Labute approximate surface area is 153 Å². The number of rotatable bonds is 4. The Morgan fingerprint density at radius 2 is 1.85 bits per heavy atom. The lowest BCUT2D eigenvalue weighted by atomic mass is 9.85. The van der Waals surface area contributed by atoms with Gasteiger partial charge in [-0.15, -0.1) is 0 Å². The summed E-state index contributed by atoms with van der Waals surface area (Å²) in [4.78, 5) is 24.0. The number of para-hydroxylation sites is 1. The van der Waals surface area contributed by atoms with Gasteiger partial charge in [0.05, 0.1) is 6.04 Å². The summed E-state index contributed by atoms with van der Waals surface area (Å²) < 4.78 is 5.92. The Bertz CT molecular complexity index is 791. The molecule has 3 amide bonds. The van der Waals surface area contributed by atoms with Crippen molar-refractivity contribution in [1.29, 1.82) is 0 Å². The number of furan rings is 1. The number of aryl methyl sites for hydroxylation is 1. The number of urea groups is 1. The van der Waals surface area contributed by atoms with Crippen molar-refractivity contribution in [2.75, 3.05) is 7.05 Å². The average molecular weight is 357 g/mol. The van der Waals surface area contributed by atoms with E-state index < -0.39 is 0 Å². The highest BCUT2D eigenvalue weighted by Crippen LogP contribution is 2.29. The van der Waals surface area contributed by atoms with Crippen LogP contribution in [0, 0.1) is 12.8 Å². The predicted octanol–water partition coefficient (Wildman–Crippen LogP) is 3.41. The van der Waals surface area contributed by atoms with E-state index >= 15 is 0 Å². The summed E-state index contributed by atoms with van der Waals surface area (Å²) in [5.74, 6) is 0.949. The van der Waals surface area contributed by atoms with Gasteiger partial charge in [-0.1, -0.05) is 18.2 Å². The van der Waals surface area contributed by atoms with Crippen molar-refractivity contribution in [3.05, 3.63) is 35.6 Å². The van der Waals surface area contributed by atoms with Crippen molar-refractivity contribution >= 4 is 22.9 Å². The minimum absolute atomic E-state index is 0.0678. The molecule has 1 saturated carbocycles. The molecule has 0 spiro atoms. The van der Waals surface area contributed by atoms with Crippen LogP contribution in [-0.2, 0) is 4.79 Å². The van der Waals surface area contributed by atoms with Crippen LogP contribution in [-0.4, -0.2) is 25.0 Å². The van der Waals surface area contributed by atoms with Crippen LogP contribution < -0.4 is 16.0 Å². The highest BCUT2D eigenvalue weighted by Gasteiger charge is 2.27. The molecule has 140 valence electrons. The first kappa shape index (κ1) is 18.3. The molecule has 1 fully saturated rings. The van der Waals surface area contributed by atoms with Crippen LogP contribution in [0.3, 0.4) is 0 Å². The molecule has 3 rings (SSSR count). The number of amides is 3. The molecule has 0 bridgehead atoms. The van der Waals surface area contributed by atoms with Crippen LogP contribution in [0.4, 0.5) is 4.79 Å². The van der Waals surface area contributed by atoms with E-state index in [9.17, 15) is 9.59 Å². The minimum Gasteiger partial charge on any atom is -0.459 e. The van der Waals surface area contributed by atoms with Gasteiger partial charge in [0.15, 0.2) is 0 Å². The summed E-state index contributed by atoms with van der Waals surface area (Å²) >= 11 is 0. The van der Waals surface area contributed by atoms with Crippen LogP contribution >= 0.6 is 0 Å². The lowest BCUT2D eigenvalue weighted by molar-refractivity contribution is -0.125. The summed E-state index contributed by atoms with van der Waals surface area (Å²) in [5, 5.41) is 9.77. The van der Waals surface area contributed by atoms with Gasteiger partial charge in [0.2, 0.25) is 5.91 Å². The van der Waals surface area contributed by atoms with Crippen LogP contribution in [0.2, 0.25) is 0 Å². The molecular weight excluding hydrogens is 330 g/mol. The largest absolute Gasteiger partial charge is 0.459 e. The highest BCUT2D eigenvalue weighted by atomic mass is 16.3. The number of hydrogen-bond acceptors (Lipinski definition) is 3. The molecular formula is C20H27N3O3. The molecule has 26 heavy (non-hydrogen) atoms. The number of benzene rings is 1. The van der Waals surface area contributed by atoms with Gasteiger partial charge in [-0.25, -0.2) is 4.79 Å². The van der Waals surface area contributed by atoms with Crippen LogP contribution in [0.5, 0.6) is 0 Å². The summed E-state index contributed by atoms with van der Waals surface area (Å²) in [5.41, 5.74) is 1.89. The maximum Gasteiger partial charge on any atom is 0.315 e. The standard InChI is InChI=1S/C20H27N3O3/c1-12-16-6-4-5-7-17(16)26-18(12)13(2)22-20(25)23-15-10-8-14(9-11-15)19(24)21-3/h4-7,13-15H,8-11H2,1-3H3,(H,21,24)(H2,22,23,25)/t13-,14?,15?/m1/s1. The van der Waals surface area contributed by atoms with Gasteiger partial charge in [-0.05, 0) is 45.6 Å². The Morgan fingerprint density at radius 1 is 1.15 bits per heavy atom. The topological polar surface area (TPSA) is 83.4 Å². The monoisotopic (exact) mass is 357 g/mol. The fraction of sp³-hybridized carbons (Fsp3) is 0.500. The quantitative estimate of drug-likeness (QED) is 0.784. The van der Waals surface area contributed by atoms with Gasteiger partial charge in [0, 0.05) is 30.0 Å². The number of carbonyl (C=O) groups is 2. The Balaban J connectivity index is 1.55. The summed E-state index contributed by atoms with van der Waals surface area (Å²) in [6, 6.07) is 7.58. The third kappa shape index (κ3) is 3.84. The summed E-state index contributed by atoms with van der Waals surface area (Å²) in [6.45, 7) is 3.93. The molecule has 3 N–H and O–H groups in total. The molecule has 2 aromatic rings. The maximum absolute atomic E-state index is 12.3. The first-order valence-corrected chi connectivity index (χ1v) is 9.26. The van der Waals surface area contributed by atoms with Crippen molar-refractivity contribution in [2.45, 2.75) is 51.6 Å². The Morgan fingerprint density at radius 3 is 2.50 bits per heavy atom. The molecule has 1 aliphatic rings. The van der Waals surface area contributed by atoms with Crippen molar-refractivity contribution in [1.82, 2.24) is 16.0 Å². The smallest absolute Gasteiger partial charge is 0.315 e. The third-order valence-corrected chi connectivity index (χ3v) is 5.30. The van der Waals surface area contributed by atoms with E-state index in [1.54, 1.807) is 7.05 Å². The van der Waals surface area contributed by atoms with Gasteiger partial charge in [-0.3, -0.25) is 4.79 Å². The normalized spacial score (nSPS) is 21.2. The van der Waals surface area contributed by atoms with Crippen molar-refractivity contribution in [3.63, 3.8) is 0 Å². The highest BCUT2D eigenvalue weighted by molar-refractivity contribution is 5.82. The molecule has 1 heterocycles. The third-order valence-electron chi connectivity index (χ3n) is 5.30. The van der Waals surface area contributed by atoms with Gasteiger partial charge in [0.25, 0.3) is 0 Å². The zero-order chi connectivity index (χ0) is 18.7. The second kappa shape index (κ2) is 7.81. The molecule has 1 aliphatic carbocycles. The van der Waals surface area contributed by atoms with E-state index in [1.165, 1.54) is 0 Å². The fourth-order valence-electron chi connectivity index (χ4n) is 3.80. The fourth-order valence-corrected chi connectivity index (χ4v) is 3.80. The van der Waals surface area contributed by atoms with Gasteiger partial charge < -0.3 is 20.4 Å². The van der Waals surface area contributed by atoms with Gasteiger partial charge >= 0.3 is 6.03 Å². The second-order valence-electron chi connectivity index (χ2n) is 7.09. The first-order valence-electron chi connectivity index (χ1n) is 9.26. The van der Waals surface area contributed by atoms with E-state index in [0.717, 1.165) is 48.0 Å². The molecule has 0 radical (unpaired) electrons. The SMILES string of the molecule is CNC(=O)C1CCC(NC(=O)N[C@H](C)c2oc3ccccc3c2C)CC1. The lowest BCUT2D eigenvalue weighted by Crippen LogP contribution is -2.45. The minimum atomic E-state index is -0.218. The molecule has 1 aromatic heterocycles. The number of carbonyl (C=O) groups excluding carboxylic acids is 2. The van der Waals surface area contributed by atoms with Crippen molar-refractivity contribution in [2.24, 2.45) is 5.92 Å². The number of fused-ring (bicyclic) bond motifs is 1. The molecule has 6 nitrogen and oxygen atoms in total. The zero-order valence-corrected chi connectivity index (χ0v) is 15.6. The van der Waals surface area contributed by atoms with Crippen molar-refractivity contribution in [3.8, 4) is 0 Å². The second-order valence-corrected chi connectivity index (χ2v) is 7.09. The lowest BCUT2D eigenvalue weighted by Gasteiger charge is -2.28. The predicted molar refractivity (Wildman–Crippen MR) is 101 cm³/mol. The molecule has 6 heteroatoms. The zero-order valence-electron chi connectivity index (χ0n) is 15.6. The molecule has 0 aliphatic heterocycles. The number of hydrogen-bond donors (Lipinski definition) is 3. The van der Waals surface area contributed by atoms with E-state index in [4.69, 9.17) is 4.42 Å². The molecule has 0 saturated heterocycles. The Hall–Kier alpha value is -2.50. The summed E-state index contributed by atoms with van der Waals surface area (Å²) in [7, 11) is 1.67. The van der Waals surface area contributed by atoms with E-state index in [-0.39, 0.29) is 29.9 Å². The van der Waals surface area contributed by atoms with Gasteiger partial charge in [0.1, 0.15) is 11.3 Å². The van der Waals surface area contributed by atoms with Gasteiger partial charge in [-0.2, -0.15) is 0 Å². The molecule has 1 aromatic carbocycles. The maximum atomic E-state index is 12.3. The van der Waals surface area contributed by atoms with Crippen LogP contribution in [0.1, 0.15) is 50.0 Å². The van der Waals surface area contributed by atoms with E-state index in [0.29, 0.717) is 0 Å². The molecule has 1 atom stereocenters. The summed E-state index contributed by atoms with van der Waals surface area (Å²) in [6.07, 6.45) is 3.26. The number of nitrogens with one attached hydrogen (secondary N) is 3. The van der Waals surface area contributed by atoms with E-state index in [2.05, 4.69) is 16.0 Å². The first-order chi connectivity index (χ1) is 12.5.